The summed E-state index contributed by atoms with van der Waals surface area (Å²) in [5.41, 5.74) is 0.877. The highest BCUT2D eigenvalue weighted by atomic mass is 32.2. The van der Waals surface area contributed by atoms with E-state index in [1.165, 1.54) is 4.88 Å². The van der Waals surface area contributed by atoms with E-state index in [0.717, 1.165) is 6.42 Å². The van der Waals surface area contributed by atoms with Crippen molar-refractivity contribution in [3.8, 4) is 11.5 Å². The summed E-state index contributed by atoms with van der Waals surface area (Å²) in [6.45, 7) is 0.514. The van der Waals surface area contributed by atoms with Gasteiger partial charge in [-0.3, -0.25) is 9.48 Å². The number of furan rings is 1. The molecule has 7 nitrogen and oxygen atoms in total. The van der Waals surface area contributed by atoms with Crippen molar-refractivity contribution >= 4 is 27.1 Å². The second-order valence-corrected chi connectivity index (χ2v) is 9.74. The van der Waals surface area contributed by atoms with Crippen LogP contribution in [0.25, 0.3) is 11.5 Å². The van der Waals surface area contributed by atoms with Crippen LogP contribution in [0.1, 0.15) is 27.8 Å². The molecule has 1 unspecified atom stereocenters. The molecule has 4 rings (SSSR count). The fraction of sp³-hybridized carbons (Fsp3) is 0.333. The summed E-state index contributed by atoms with van der Waals surface area (Å²) in [6, 6.07) is 8.90. The topological polar surface area (TPSA) is 94.2 Å². The average Bonchev–Trinajstić information content (AvgIpc) is 3.41. The third kappa shape index (κ3) is 3.98. The lowest BCUT2D eigenvalue weighted by molar-refractivity contribution is 0.0948. The monoisotopic (exact) mass is 405 g/mol. The number of nitrogens with one attached hydrogen (secondary N) is 1. The number of aromatic nitrogens is 2. The smallest absolute Gasteiger partial charge is 0.271 e. The Morgan fingerprint density at radius 1 is 1.37 bits per heavy atom. The van der Waals surface area contributed by atoms with Crippen LogP contribution in [0.2, 0.25) is 0 Å². The molecular weight excluding hydrogens is 386 g/mol. The number of sulfone groups is 1. The summed E-state index contributed by atoms with van der Waals surface area (Å²) < 4.78 is 30.8. The standard InChI is InChI=1S/C18H19N3O4S2/c22-18(19-7-5-14-3-2-9-26-14)15-11-16(17-4-1-8-25-17)21(20-15)13-6-10-27(23,24)12-13/h1-4,8-9,11,13H,5-7,10,12H2,(H,19,22). The maximum absolute atomic E-state index is 12.5. The summed E-state index contributed by atoms with van der Waals surface area (Å²) in [6.07, 6.45) is 2.78. The third-order valence-electron chi connectivity index (χ3n) is 4.53. The molecule has 0 aromatic carbocycles. The van der Waals surface area contributed by atoms with Crippen molar-refractivity contribution in [3.63, 3.8) is 0 Å². The van der Waals surface area contributed by atoms with Gasteiger partial charge in [0.15, 0.2) is 21.3 Å². The molecule has 4 heterocycles. The minimum absolute atomic E-state index is 0.0296. The number of amides is 1. The van der Waals surface area contributed by atoms with Gasteiger partial charge < -0.3 is 9.73 Å². The van der Waals surface area contributed by atoms with Crippen LogP contribution in [0.3, 0.4) is 0 Å². The van der Waals surface area contributed by atoms with E-state index in [0.29, 0.717) is 24.4 Å². The van der Waals surface area contributed by atoms with Gasteiger partial charge in [-0.1, -0.05) is 6.07 Å². The zero-order valence-corrected chi connectivity index (χ0v) is 16.1. The molecule has 0 bridgehead atoms. The van der Waals surface area contributed by atoms with Crippen LogP contribution >= 0.6 is 11.3 Å². The van der Waals surface area contributed by atoms with E-state index >= 15 is 0 Å². The Morgan fingerprint density at radius 3 is 2.93 bits per heavy atom. The first kappa shape index (κ1) is 18.0. The summed E-state index contributed by atoms with van der Waals surface area (Å²) in [5, 5.41) is 9.29. The molecule has 1 aliphatic heterocycles. The Hall–Kier alpha value is -2.39. The highest BCUT2D eigenvalue weighted by Crippen LogP contribution is 2.30. The number of thiophene rings is 1. The van der Waals surface area contributed by atoms with Gasteiger partial charge in [0.05, 0.1) is 23.8 Å². The Bertz CT molecular complexity index is 1020. The summed E-state index contributed by atoms with van der Waals surface area (Å²) in [7, 11) is -3.07. The van der Waals surface area contributed by atoms with Gasteiger partial charge >= 0.3 is 0 Å². The van der Waals surface area contributed by atoms with Crippen LogP contribution in [-0.2, 0) is 16.3 Å². The molecule has 1 saturated heterocycles. The maximum atomic E-state index is 12.5. The van der Waals surface area contributed by atoms with Crippen LogP contribution in [0.5, 0.6) is 0 Å². The Kier molecular flexibility index (Phi) is 4.88. The first-order chi connectivity index (χ1) is 13.0. The molecule has 1 N–H and O–H groups in total. The van der Waals surface area contributed by atoms with Gasteiger partial charge in [0.25, 0.3) is 5.91 Å². The lowest BCUT2D eigenvalue weighted by atomic mass is 10.2. The molecule has 0 spiro atoms. The minimum Gasteiger partial charge on any atom is -0.463 e. The van der Waals surface area contributed by atoms with E-state index in [4.69, 9.17) is 4.42 Å². The molecule has 9 heteroatoms. The molecule has 1 amide bonds. The zero-order chi connectivity index (χ0) is 18.9. The average molecular weight is 406 g/mol. The zero-order valence-electron chi connectivity index (χ0n) is 14.5. The SMILES string of the molecule is O=C(NCCc1cccs1)c1cc(-c2ccco2)n(C2CCS(=O)(=O)C2)n1. The van der Waals surface area contributed by atoms with Crippen LogP contribution < -0.4 is 5.32 Å². The highest BCUT2D eigenvalue weighted by Gasteiger charge is 2.32. The number of carbonyl (C=O) groups is 1. The van der Waals surface area contributed by atoms with Crippen molar-refractivity contribution in [1.82, 2.24) is 15.1 Å². The van der Waals surface area contributed by atoms with Crippen molar-refractivity contribution in [2.75, 3.05) is 18.1 Å². The molecule has 142 valence electrons. The van der Waals surface area contributed by atoms with E-state index in [9.17, 15) is 13.2 Å². The number of nitrogens with zero attached hydrogens (tertiary/aromatic N) is 2. The summed E-state index contributed by atoms with van der Waals surface area (Å²) in [5.74, 6) is 0.447. The molecule has 27 heavy (non-hydrogen) atoms. The van der Waals surface area contributed by atoms with E-state index in [1.54, 1.807) is 40.5 Å². The number of hydrogen-bond donors (Lipinski definition) is 1. The number of hydrogen-bond acceptors (Lipinski definition) is 6. The lowest BCUT2D eigenvalue weighted by Crippen LogP contribution is -2.26. The van der Waals surface area contributed by atoms with Crippen molar-refractivity contribution in [2.24, 2.45) is 0 Å². The van der Waals surface area contributed by atoms with E-state index in [2.05, 4.69) is 10.4 Å². The molecule has 0 saturated carbocycles. The Morgan fingerprint density at radius 2 is 2.26 bits per heavy atom. The van der Waals surface area contributed by atoms with Gasteiger partial charge in [0, 0.05) is 17.5 Å². The van der Waals surface area contributed by atoms with Gasteiger partial charge in [0.1, 0.15) is 5.69 Å². The van der Waals surface area contributed by atoms with Crippen molar-refractivity contribution in [2.45, 2.75) is 18.9 Å². The van der Waals surface area contributed by atoms with E-state index in [-0.39, 0.29) is 29.1 Å². The highest BCUT2D eigenvalue weighted by molar-refractivity contribution is 7.91. The quantitative estimate of drug-likeness (QED) is 0.680. The molecule has 0 radical (unpaired) electrons. The number of carbonyl (C=O) groups excluding carboxylic acids is 1. The molecule has 3 aromatic rings. The molecule has 1 aliphatic rings. The van der Waals surface area contributed by atoms with Crippen LogP contribution in [0.15, 0.2) is 46.4 Å². The van der Waals surface area contributed by atoms with Crippen molar-refractivity contribution < 1.29 is 17.6 Å². The summed E-state index contributed by atoms with van der Waals surface area (Å²) in [4.78, 5) is 13.7. The first-order valence-corrected chi connectivity index (χ1v) is 11.4. The first-order valence-electron chi connectivity index (χ1n) is 8.66. The fourth-order valence-electron chi connectivity index (χ4n) is 3.20. The van der Waals surface area contributed by atoms with Crippen molar-refractivity contribution in [1.29, 1.82) is 0 Å². The van der Waals surface area contributed by atoms with Crippen LogP contribution in [-0.4, -0.2) is 42.2 Å². The molecule has 1 fully saturated rings. The third-order valence-corrected chi connectivity index (χ3v) is 7.22. The predicted octanol–water partition coefficient (Wildman–Crippen LogP) is 2.54. The summed E-state index contributed by atoms with van der Waals surface area (Å²) >= 11 is 1.65. The molecular formula is C18H19N3O4S2. The molecule has 0 aliphatic carbocycles. The maximum Gasteiger partial charge on any atom is 0.271 e. The Balaban J connectivity index is 1.54. The second-order valence-electron chi connectivity index (χ2n) is 6.48. The Labute approximate surface area is 160 Å². The second kappa shape index (κ2) is 7.32. The lowest BCUT2D eigenvalue weighted by Gasteiger charge is -2.11. The minimum atomic E-state index is -3.07. The van der Waals surface area contributed by atoms with E-state index in [1.807, 2.05) is 17.5 Å². The molecule has 1 atom stereocenters. The van der Waals surface area contributed by atoms with Crippen LogP contribution in [0, 0.1) is 0 Å². The number of rotatable bonds is 6. The van der Waals surface area contributed by atoms with Crippen molar-refractivity contribution in [3.05, 3.63) is 52.5 Å². The van der Waals surface area contributed by atoms with Crippen LogP contribution in [0.4, 0.5) is 0 Å². The normalized spacial score (nSPS) is 18.6. The van der Waals surface area contributed by atoms with Gasteiger partial charge in [-0.25, -0.2) is 8.42 Å². The van der Waals surface area contributed by atoms with Gasteiger partial charge in [-0.05, 0) is 36.4 Å². The largest absolute Gasteiger partial charge is 0.463 e. The van der Waals surface area contributed by atoms with Gasteiger partial charge in [0.2, 0.25) is 0 Å². The fourth-order valence-corrected chi connectivity index (χ4v) is 5.61. The van der Waals surface area contributed by atoms with Gasteiger partial charge in [-0.2, -0.15) is 5.10 Å². The molecule has 3 aromatic heterocycles. The predicted molar refractivity (Wildman–Crippen MR) is 103 cm³/mol. The van der Waals surface area contributed by atoms with Gasteiger partial charge in [-0.15, -0.1) is 11.3 Å². The van der Waals surface area contributed by atoms with E-state index < -0.39 is 9.84 Å².